The molecule has 7 heteroatoms. The molecule has 0 saturated heterocycles. The maximum Gasteiger partial charge on any atom is 0.348 e. The van der Waals surface area contributed by atoms with Gasteiger partial charge in [-0.1, -0.05) is 0 Å². The highest BCUT2D eigenvalue weighted by atomic mass is 32.1. The van der Waals surface area contributed by atoms with Crippen LogP contribution in [0.2, 0.25) is 0 Å². The molecule has 0 atom stereocenters. The number of hydrogen-bond acceptors (Lipinski definition) is 4. The molecule has 0 aliphatic rings. The van der Waals surface area contributed by atoms with Gasteiger partial charge in [-0.25, -0.2) is 9.59 Å². The number of carbonyl (C=O) groups is 2. The summed E-state index contributed by atoms with van der Waals surface area (Å²) >= 11 is 1.08. The van der Waals surface area contributed by atoms with Crippen molar-refractivity contribution in [1.82, 2.24) is 10.2 Å². The molecule has 6 nitrogen and oxygen atoms in total. The maximum atomic E-state index is 11.5. The number of anilines is 1. The second kappa shape index (κ2) is 6.97. The van der Waals surface area contributed by atoms with Gasteiger partial charge in [0.05, 0.1) is 5.69 Å². The van der Waals surface area contributed by atoms with Crippen LogP contribution in [0.4, 0.5) is 10.5 Å². The first-order chi connectivity index (χ1) is 8.50. The fraction of sp³-hybridized carbons (Fsp3) is 0.455. The molecule has 0 saturated carbocycles. The molecule has 0 radical (unpaired) electrons. The summed E-state index contributed by atoms with van der Waals surface area (Å²) in [5, 5.41) is 15.7. The zero-order valence-corrected chi connectivity index (χ0v) is 11.2. The lowest BCUT2D eigenvalue weighted by atomic mass is 10.4. The predicted octanol–water partition coefficient (Wildman–Crippen LogP) is 1.52. The Morgan fingerprint density at radius 3 is 2.78 bits per heavy atom. The average molecular weight is 271 g/mol. The van der Waals surface area contributed by atoms with Gasteiger partial charge in [0.2, 0.25) is 0 Å². The molecule has 0 aliphatic heterocycles. The van der Waals surface area contributed by atoms with Crippen LogP contribution in [0.15, 0.2) is 11.4 Å². The van der Waals surface area contributed by atoms with Crippen LogP contribution in [0.1, 0.15) is 16.1 Å². The number of carboxylic acid groups (broad SMARTS) is 1. The third-order valence-corrected chi connectivity index (χ3v) is 3.08. The van der Waals surface area contributed by atoms with Crippen LogP contribution in [-0.4, -0.2) is 49.2 Å². The normalized spacial score (nSPS) is 10.4. The lowest BCUT2D eigenvalue weighted by molar-refractivity contribution is 0.0703. The average Bonchev–Trinajstić information content (AvgIpc) is 2.72. The predicted molar refractivity (Wildman–Crippen MR) is 71.5 cm³/mol. The van der Waals surface area contributed by atoms with E-state index in [9.17, 15) is 9.59 Å². The number of urea groups is 1. The third kappa shape index (κ3) is 4.72. The van der Waals surface area contributed by atoms with Gasteiger partial charge in [-0.05, 0) is 38.5 Å². The van der Waals surface area contributed by atoms with Crippen LogP contribution in [0.5, 0.6) is 0 Å². The highest BCUT2D eigenvalue weighted by Gasteiger charge is 2.13. The largest absolute Gasteiger partial charge is 0.477 e. The fourth-order valence-corrected chi connectivity index (χ4v) is 2.02. The first-order valence-corrected chi connectivity index (χ1v) is 6.39. The van der Waals surface area contributed by atoms with E-state index in [0.717, 1.165) is 24.3 Å². The Hall–Kier alpha value is -1.60. The van der Waals surface area contributed by atoms with E-state index in [-0.39, 0.29) is 10.9 Å². The highest BCUT2D eigenvalue weighted by Crippen LogP contribution is 2.21. The van der Waals surface area contributed by atoms with Gasteiger partial charge in [0.1, 0.15) is 4.88 Å². The van der Waals surface area contributed by atoms with Gasteiger partial charge < -0.3 is 20.6 Å². The van der Waals surface area contributed by atoms with E-state index in [1.54, 1.807) is 11.4 Å². The number of aromatic carboxylic acids is 1. The summed E-state index contributed by atoms with van der Waals surface area (Å²) in [4.78, 5) is 24.5. The van der Waals surface area contributed by atoms with Gasteiger partial charge in [-0.15, -0.1) is 11.3 Å². The maximum absolute atomic E-state index is 11.5. The Balaban J connectivity index is 2.36. The van der Waals surface area contributed by atoms with Crippen molar-refractivity contribution in [3.8, 4) is 0 Å². The quantitative estimate of drug-likeness (QED) is 0.685. The molecule has 18 heavy (non-hydrogen) atoms. The van der Waals surface area contributed by atoms with Crippen LogP contribution in [0, 0.1) is 0 Å². The van der Waals surface area contributed by atoms with E-state index < -0.39 is 5.97 Å². The molecule has 0 aromatic carbocycles. The summed E-state index contributed by atoms with van der Waals surface area (Å²) in [5.41, 5.74) is 0.331. The topological polar surface area (TPSA) is 81.7 Å². The fourth-order valence-electron chi connectivity index (χ4n) is 1.34. The molecule has 1 aromatic heterocycles. The molecule has 1 rings (SSSR count). The Bertz CT molecular complexity index is 417. The summed E-state index contributed by atoms with van der Waals surface area (Å²) in [5.74, 6) is -1.03. The number of carboxylic acids is 1. The van der Waals surface area contributed by atoms with E-state index in [4.69, 9.17) is 5.11 Å². The Morgan fingerprint density at radius 2 is 2.17 bits per heavy atom. The lowest BCUT2D eigenvalue weighted by Crippen LogP contribution is -2.31. The van der Waals surface area contributed by atoms with Crippen molar-refractivity contribution in [1.29, 1.82) is 0 Å². The number of hydrogen-bond donors (Lipinski definition) is 3. The minimum absolute atomic E-state index is 0.137. The molecule has 0 aliphatic carbocycles. The van der Waals surface area contributed by atoms with Crippen molar-refractivity contribution >= 4 is 29.0 Å². The van der Waals surface area contributed by atoms with Crippen molar-refractivity contribution in [3.05, 3.63) is 16.3 Å². The molecule has 100 valence electrons. The van der Waals surface area contributed by atoms with Crippen molar-refractivity contribution in [3.63, 3.8) is 0 Å². The first kappa shape index (κ1) is 14.5. The Morgan fingerprint density at radius 1 is 1.44 bits per heavy atom. The Kier molecular flexibility index (Phi) is 5.60. The summed E-state index contributed by atoms with van der Waals surface area (Å²) in [6.07, 6.45) is 0.843. The first-order valence-electron chi connectivity index (χ1n) is 5.51. The van der Waals surface area contributed by atoms with Gasteiger partial charge in [0, 0.05) is 6.54 Å². The van der Waals surface area contributed by atoms with Crippen molar-refractivity contribution < 1.29 is 14.7 Å². The van der Waals surface area contributed by atoms with E-state index >= 15 is 0 Å². The van der Waals surface area contributed by atoms with Gasteiger partial charge in [-0.3, -0.25) is 0 Å². The standard InChI is InChI=1S/C11H17N3O3S/c1-14(2)6-3-5-12-11(17)13-8-4-7-18-9(8)10(15)16/h4,7H,3,5-6H2,1-2H3,(H,15,16)(H2,12,13,17). The number of nitrogens with zero attached hydrogens (tertiary/aromatic N) is 1. The molecular formula is C11H17N3O3S. The lowest BCUT2D eigenvalue weighted by Gasteiger charge is -2.10. The minimum Gasteiger partial charge on any atom is -0.477 e. The molecule has 3 N–H and O–H groups in total. The summed E-state index contributed by atoms with van der Waals surface area (Å²) in [7, 11) is 3.93. The summed E-state index contributed by atoms with van der Waals surface area (Å²) < 4.78 is 0. The second-order valence-corrected chi connectivity index (χ2v) is 4.92. The van der Waals surface area contributed by atoms with Crippen LogP contribution >= 0.6 is 11.3 Å². The molecule has 0 spiro atoms. The molecular weight excluding hydrogens is 254 g/mol. The van der Waals surface area contributed by atoms with Gasteiger partial charge in [0.25, 0.3) is 0 Å². The van der Waals surface area contributed by atoms with Crippen LogP contribution < -0.4 is 10.6 Å². The minimum atomic E-state index is -1.03. The van der Waals surface area contributed by atoms with E-state index in [0.29, 0.717) is 12.2 Å². The number of carbonyl (C=O) groups excluding carboxylic acids is 1. The molecule has 2 amide bonds. The van der Waals surface area contributed by atoms with Crippen LogP contribution in [-0.2, 0) is 0 Å². The van der Waals surface area contributed by atoms with Crippen LogP contribution in [0.3, 0.4) is 0 Å². The van der Waals surface area contributed by atoms with E-state index in [1.807, 2.05) is 19.0 Å². The highest BCUT2D eigenvalue weighted by molar-refractivity contribution is 7.12. The van der Waals surface area contributed by atoms with Gasteiger partial charge in [0.15, 0.2) is 0 Å². The smallest absolute Gasteiger partial charge is 0.348 e. The molecule has 0 unspecified atom stereocenters. The molecule has 0 fully saturated rings. The summed E-state index contributed by atoms with van der Waals surface area (Å²) in [6.45, 7) is 1.44. The van der Waals surface area contributed by atoms with E-state index in [2.05, 4.69) is 10.6 Å². The Labute approximate surface area is 110 Å². The zero-order valence-electron chi connectivity index (χ0n) is 10.4. The molecule has 0 bridgehead atoms. The van der Waals surface area contributed by atoms with Crippen LogP contribution in [0.25, 0.3) is 0 Å². The monoisotopic (exact) mass is 271 g/mol. The van der Waals surface area contributed by atoms with Crippen molar-refractivity contribution in [2.45, 2.75) is 6.42 Å². The number of amides is 2. The van der Waals surface area contributed by atoms with Crippen molar-refractivity contribution in [2.75, 3.05) is 32.5 Å². The third-order valence-electron chi connectivity index (χ3n) is 2.18. The molecule has 1 aromatic rings. The van der Waals surface area contributed by atoms with Crippen molar-refractivity contribution in [2.24, 2.45) is 0 Å². The van der Waals surface area contributed by atoms with E-state index in [1.165, 1.54) is 0 Å². The van der Waals surface area contributed by atoms with Gasteiger partial charge in [-0.2, -0.15) is 0 Å². The number of rotatable bonds is 6. The number of nitrogens with one attached hydrogen (secondary N) is 2. The SMILES string of the molecule is CN(C)CCCNC(=O)Nc1ccsc1C(=O)O. The number of thiophene rings is 1. The molecule has 1 heterocycles. The second-order valence-electron chi connectivity index (χ2n) is 4.01. The van der Waals surface area contributed by atoms with Gasteiger partial charge >= 0.3 is 12.0 Å². The summed E-state index contributed by atoms with van der Waals surface area (Å²) in [6, 6.07) is 1.20. The zero-order chi connectivity index (χ0) is 13.5.